The Balaban J connectivity index is 2.14. The summed E-state index contributed by atoms with van der Waals surface area (Å²) in [5.41, 5.74) is 0.917. The minimum atomic E-state index is -0.248. The maximum atomic E-state index is 11.8. The average molecular weight is 340 g/mol. The molecule has 86 valence electrons. The van der Waals surface area contributed by atoms with Crippen LogP contribution in [0.2, 0.25) is 0 Å². The number of benzene rings is 1. The highest BCUT2D eigenvalue weighted by Gasteiger charge is 2.05. The predicted octanol–water partition coefficient (Wildman–Crippen LogP) is 2.23. The zero-order chi connectivity index (χ0) is 12.3. The number of carbonyl (C=O) groups excluding carboxylic acids is 1. The molecule has 0 aliphatic carbocycles. The number of aromatic amines is 1. The normalized spacial score (nSPS) is 9.94. The van der Waals surface area contributed by atoms with Crippen molar-refractivity contribution < 1.29 is 4.79 Å². The van der Waals surface area contributed by atoms with Crippen molar-refractivity contribution in [1.82, 2.24) is 4.98 Å². The monoisotopic (exact) mass is 340 g/mol. The van der Waals surface area contributed by atoms with Crippen LogP contribution in [0.4, 0.5) is 5.69 Å². The SMILES string of the molecule is O=C(Nc1ccc(I)cc1)c1ccc(=O)[nH]c1. The van der Waals surface area contributed by atoms with E-state index in [1.165, 1.54) is 18.3 Å². The molecule has 1 heterocycles. The first-order valence-electron chi connectivity index (χ1n) is 4.91. The predicted molar refractivity (Wildman–Crippen MR) is 74.2 cm³/mol. The molecule has 0 bridgehead atoms. The lowest BCUT2D eigenvalue weighted by Gasteiger charge is -2.04. The van der Waals surface area contributed by atoms with Crippen LogP contribution in [0.1, 0.15) is 10.4 Å². The second kappa shape index (κ2) is 5.13. The van der Waals surface area contributed by atoms with Crippen LogP contribution in [0.5, 0.6) is 0 Å². The van der Waals surface area contributed by atoms with Gasteiger partial charge in [0.15, 0.2) is 0 Å². The van der Waals surface area contributed by atoms with E-state index in [9.17, 15) is 9.59 Å². The number of aromatic nitrogens is 1. The number of anilines is 1. The van der Waals surface area contributed by atoms with E-state index in [4.69, 9.17) is 0 Å². The second-order valence-corrected chi connectivity index (χ2v) is 4.65. The number of rotatable bonds is 2. The maximum absolute atomic E-state index is 11.8. The number of pyridine rings is 1. The van der Waals surface area contributed by atoms with Gasteiger partial charge in [0.2, 0.25) is 5.56 Å². The molecule has 1 aromatic carbocycles. The third-order valence-corrected chi connectivity index (χ3v) is 2.87. The van der Waals surface area contributed by atoms with E-state index in [-0.39, 0.29) is 11.5 Å². The van der Waals surface area contributed by atoms with Crippen LogP contribution < -0.4 is 10.9 Å². The first kappa shape index (κ1) is 11.8. The van der Waals surface area contributed by atoms with Crippen molar-refractivity contribution in [2.24, 2.45) is 0 Å². The second-order valence-electron chi connectivity index (χ2n) is 3.40. The Morgan fingerprint density at radius 3 is 2.41 bits per heavy atom. The van der Waals surface area contributed by atoms with Gasteiger partial charge in [-0.1, -0.05) is 0 Å². The van der Waals surface area contributed by atoms with E-state index in [1.807, 2.05) is 24.3 Å². The van der Waals surface area contributed by atoms with Gasteiger partial charge >= 0.3 is 0 Å². The van der Waals surface area contributed by atoms with E-state index in [0.29, 0.717) is 5.56 Å². The molecule has 0 saturated carbocycles. The van der Waals surface area contributed by atoms with E-state index >= 15 is 0 Å². The largest absolute Gasteiger partial charge is 0.328 e. The molecule has 0 unspecified atom stereocenters. The zero-order valence-electron chi connectivity index (χ0n) is 8.74. The summed E-state index contributed by atoms with van der Waals surface area (Å²) in [7, 11) is 0. The Hall–Kier alpha value is -1.63. The topological polar surface area (TPSA) is 62.0 Å². The molecule has 0 saturated heterocycles. The number of amides is 1. The summed E-state index contributed by atoms with van der Waals surface area (Å²) in [4.78, 5) is 25.1. The summed E-state index contributed by atoms with van der Waals surface area (Å²) in [5.74, 6) is -0.248. The van der Waals surface area contributed by atoms with Crippen molar-refractivity contribution in [3.63, 3.8) is 0 Å². The van der Waals surface area contributed by atoms with Crippen molar-refractivity contribution in [3.05, 3.63) is 62.1 Å². The van der Waals surface area contributed by atoms with Gasteiger partial charge in [-0.15, -0.1) is 0 Å². The van der Waals surface area contributed by atoms with Crippen LogP contribution in [-0.4, -0.2) is 10.9 Å². The molecule has 0 aliphatic rings. The van der Waals surface area contributed by atoms with Gasteiger partial charge in [0.05, 0.1) is 5.56 Å². The third-order valence-electron chi connectivity index (χ3n) is 2.15. The van der Waals surface area contributed by atoms with E-state index < -0.39 is 0 Å². The highest BCUT2D eigenvalue weighted by Crippen LogP contribution is 2.12. The van der Waals surface area contributed by atoms with E-state index in [1.54, 1.807) is 0 Å². The van der Waals surface area contributed by atoms with Crippen molar-refractivity contribution in [1.29, 1.82) is 0 Å². The highest BCUT2D eigenvalue weighted by molar-refractivity contribution is 14.1. The van der Waals surface area contributed by atoms with Gasteiger partial charge in [-0.05, 0) is 52.9 Å². The maximum Gasteiger partial charge on any atom is 0.257 e. The Bertz CT molecular complexity index is 570. The lowest BCUT2D eigenvalue weighted by atomic mass is 10.2. The van der Waals surface area contributed by atoms with Crippen LogP contribution in [-0.2, 0) is 0 Å². The van der Waals surface area contributed by atoms with Crippen molar-refractivity contribution >= 4 is 34.2 Å². The molecule has 0 radical (unpaired) electrons. The molecule has 4 nitrogen and oxygen atoms in total. The number of hydrogen-bond acceptors (Lipinski definition) is 2. The Morgan fingerprint density at radius 1 is 1.12 bits per heavy atom. The molecule has 17 heavy (non-hydrogen) atoms. The van der Waals surface area contributed by atoms with Gasteiger partial charge < -0.3 is 10.3 Å². The first-order valence-corrected chi connectivity index (χ1v) is 5.99. The minimum absolute atomic E-state index is 0.226. The smallest absolute Gasteiger partial charge is 0.257 e. The zero-order valence-corrected chi connectivity index (χ0v) is 10.9. The number of carbonyl (C=O) groups is 1. The number of H-pyrrole nitrogens is 1. The third kappa shape index (κ3) is 3.16. The van der Waals surface area contributed by atoms with Crippen LogP contribution >= 0.6 is 22.6 Å². The summed E-state index contributed by atoms with van der Waals surface area (Å²) in [6.07, 6.45) is 1.39. The summed E-state index contributed by atoms with van der Waals surface area (Å²) >= 11 is 2.19. The molecule has 0 spiro atoms. The fourth-order valence-corrected chi connectivity index (χ4v) is 1.65. The van der Waals surface area contributed by atoms with E-state index in [2.05, 4.69) is 32.9 Å². The molecule has 2 rings (SSSR count). The fourth-order valence-electron chi connectivity index (χ4n) is 1.29. The van der Waals surface area contributed by atoms with Gasteiger partial charge in [0.1, 0.15) is 0 Å². The van der Waals surface area contributed by atoms with Gasteiger partial charge in [-0.3, -0.25) is 9.59 Å². The van der Waals surface area contributed by atoms with E-state index in [0.717, 1.165) is 9.26 Å². The van der Waals surface area contributed by atoms with Crippen LogP contribution in [0, 0.1) is 3.57 Å². The molecular weight excluding hydrogens is 331 g/mol. The summed E-state index contributed by atoms with van der Waals surface area (Å²) in [6.45, 7) is 0. The fraction of sp³-hybridized carbons (Fsp3) is 0. The van der Waals surface area contributed by atoms with Crippen LogP contribution in [0.3, 0.4) is 0 Å². The number of halogens is 1. The van der Waals surface area contributed by atoms with Crippen LogP contribution in [0.15, 0.2) is 47.4 Å². The summed E-state index contributed by atoms with van der Waals surface area (Å²) in [6, 6.07) is 10.3. The van der Waals surface area contributed by atoms with Gasteiger partial charge in [0, 0.05) is 21.5 Å². The molecular formula is C12H9IN2O2. The standard InChI is InChI=1S/C12H9IN2O2/c13-9-2-4-10(5-3-9)15-12(17)8-1-6-11(16)14-7-8/h1-7H,(H,14,16)(H,15,17). The van der Waals surface area contributed by atoms with Gasteiger partial charge in [-0.2, -0.15) is 0 Å². The average Bonchev–Trinajstić information content (AvgIpc) is 2.33. The van der Waals surface area contributed by atoms with Crippen molar-refractivity contribution in [2.75, 3.05) is 5.32 Å². The van der Waals surface area contributed by atoms with Crippen LogP contribution in [0.25, 0.3) is 0 Å². The Morgan fingerprint density at radius 2 is 1.82 bits per heavy atom. The molecule has 1 amide bonds. The molecule has 2 aromatic rings. The van der Waals surface area contributed by atoms with Crippen molar-refractivity contribution in [2.45, 2.75) is 0 Å². The number of hydrogen-bond donors (Lipinski definition) is 2. The lowest BCUT2D eigenvalue weighted by molar-refractivity contribution is 0.102. The molecule has 0 aliphatic heterocycles. The number of nitrogens with one attached hydrogen (secondary N) is 2. The summed E-state index contributed by atoms with van der Waals surface area (Å²) < 4.78 is 1.10. The summed E-state index contributed by atoms with van der Waals surface area (Å²) in [5, 5.41) is 2.74. The highest BCUT2D eigenvalue weighted by atomic mass is 127. The van der Waals surface area contributed by atoms with Crippen molar-refractivity contribution in [3.8, 4) is 0 Å². The Labute approximate surface area is 111 Å². The minimum Gasteiger partial charge on any atom is -0.328 e. The Kier molecular flexibility index (Phi) is 3.58. The molecule has 0 fully saturated rings. The molecule has 0 atom stereocenters. The first-order chi connectivity index (χ1) is 8.15. The van der Waals surface area contributed by atoms with Gasteiger partial charge in [0.25, 0.3) is 5.91 Å². The lowest BCUT2D eigenvalue weighted by Crippen LogP contribution is -2.14. The van der Waals surface area contributed by atoms with Gasteiger partial charge in [-0.25, -0.2) is 0 Å². The molecule has 2 N–H and O–H groups in total. The molecule has 5 heteroatoms. The molecule has 1 aromatic heterocycles. The quantitative estimate of drug-likeness (QED) is 0.824.